The van der Waals surface area contributed by atoms with Crippen molar-refractivity contribution in [2.24, 2.45) is 5.92 Å². The summed E-state index contributed by atoms with van der Waals surface area (Å²) in [7, 11) is 0. The molecule has 2 aliphatic heterocycles. The Morgan fingerprint density at radius 3 is 3.04 bits per heavy atom. The van der Waals surface area contributed by atoms with Crippen LogP contribution in [0.3, 0.4) is 0 Å². The Morgan fingerprint density at radius 2 is 2.30 bits per heavy atom. The first-order chi connectivity index (χ1) is 13.1. The smallest absolute Gasteiger partial charge is 0.264 e. The third-order valence-corrected chi connectivity index (χ3v) is 6.29. The number of ether oxygens (including phenoxy) is 1. The second-order valence-corrected chi connectivity index (χ2v) is 8.09. The number of aryl methyl sites for hydroxylation is 1. The van der Waals surface area contributed by atoms with E-state index in [1.807, 2.05) is 41.5 Å². The number of nitrogens with one attached hydrogen (secondary N) is 1. The van der Waals surface area contributed by atoms with Crippen molar-refractivity contribution in [3.63, 3.8) is 0 Å². The normalized spacial score (nSPS) is 24.5. The van der Waals surface area contributed by atoms with Gasteiger partial charge in [0.1, 0.15) is 0 Å². The highest BCUT2D eigenvalue weighted by Gasteiger charge is 2.44. The first kappa shape index (κ1) is 18.1. The molecule has 1 N–H and O–H groups in total. The Labute approximate surface area is 162 Å². The van der Waals surface area contributed by atoms with Crippen LogP contribution < -0.4 is 5.32 Å². The van der Waals surface area contributed by atoms with Crippen LogP contribution in [0, 0.1) is 12.8 Å². The molecule has 0 aliphatic carbocycles. The Bertz CT molecular complexity index is 823. The van der Waals surface area contributed by atoms with E-state index in [9.17, 15) is 9.59 Å². The number of piperidine rings is 1. The maximum Gasteiger partial charge on any atom is 0.264 e. The van der Waals surface area contributed by atoms with Crippen molar-refractivity contribution >= 4 is 23.2 Å². The molecule has 6 nitrogen and oxygen atoms in total. The van der Waals surface area contributed by atoms with Crippen molar-refractivity contribution in [3.05, 3.63) is 52.0 Å². The van der Waals surface area contributed by atoms with Gasteiger partial charge in [-0.1, -0.05) is 6.07 Å². The van der Waals surface area contributed by atoms with E-state index < -0.39 is 0 Å². The van der Waals surface area contributed by atoms with Crippen LogP contribution >= 0.6 is 11.3 Å². The summed E-state index contributed by atoms with van der Waals surface area (Å²) in [6, 6.07) is 7.61. The van der Waals surface area contributed by atoms with Crippen LogP contribution in [0.5, 0.6) is 0 Å². The molecule has 3 atom stereocenters. The molecule has 142 valence electrons. The molecule has 7 heteroatoms. The van der Waals surface area contributed by atoms with Crippen molar-refractivity contribution in [3.8, 4) is 0 Å². The third-order valence-electron chi connectivity index (χ3n) is 5.25. The minimum atomic E-state index is -0.266. The van der Waals surface area contributed by atoms with Gasteiger partial charge in [-0.05, 0) is 48.9 Å². The Balaban J connectivity index is 1.46. The van der Waals surface area contributed by atoms with E-state index >= 15 is 0 Å². The molecule has 2 aliphatic rings. The Kier molecular flexibility index (Phi) is 5.22. The second-order valence-electron chi connectivity index (χ2n) is 7.18. The van der Waals surface area contributed by atoms with Gasteiger partial charge in [0.25, 0.3) is 5.91 Å². The fourth-order valence-corrected chi connectivity index (χ4v) is 4.73. The predicted molar refractivity (Wildman–Crippen MR) is 102 cm³/mol. The lowest BCUT2D eigenvalue weighted by molar-refractivity contribution is -0.128. The largest absolute Gasteiger partial charge is 0.376 e. The molecule has 2 saturated heterocycles. The quantitative estimate of drug-likeness (QED) is 0.877. The zero-order chi connectivity index (χ0) is 18.8. The molecule has 0 radical (unpaired) electrons. The van der Waals surface area contributed by atoms with E-state index in [0.29, 0.717) is 26.1 Å². The molecular weight excluding hydrogens is 362 g/mol. The van der Waals surface area contributed by atoms with Crippen LogP contribution in [0.15, 0.2) is 35.8 Å². The highest BCUT2D eigenvalue weighted by Crippen LogP contribution is 2.33. The van der Waals surface area contributed by atoms with Crippen LogP contribution in [0.2, 0.25) is 0 Å². The number of carbonyl (C=O) groups excluding carboxylic acids is 2. The number of likely N-dealkylation sites (tertiary alicyclic amines) is 1. The molecule has 0 spiro atoms. The van der Waals surface area contributed by atoms with Crippen molar-refractivity contribution in [1.29, 1.82) is 0 Å². The van der Waals surface area contributed by atoms with Crippen molar-refractivity contribution in [1.82, 2.24) is 15.2 Å². The standard InChI is InChI=1S/C20H23N3O3S/c1-13-8-18(27-12-13)20(25)23-11-14(9-17-16(23)5-7-26-17)19(24)22-10-15-4-2-3-6-21-15/h2-4,6,8,12,14,16-17H,5,7,9-11H2,1H3,(H,22,24)/t14-,16-,17-/m1/s1. The summed E-state index contributed by atoms with van der Waals surface area (Å²) in [5.41, 5.74) is 1.91. The molecule has 0 aromatic carbocycles. The number of nitrogens with zero attached hydrogens (tertiary/aromatic N) is 2. The fraction of sp³-hybridized carbons (Fsp3) is 0.450. The molecule has 2 aromatic heterocycles. The SMILES string of the molecule is Cc1csc(C(=O)N2C[C@H](C(=O)NCc3ccccn3)C[C@H]3OCC[C@H]32)c1. The third kappa shape index (κ3) is 3.89. The highest BCUT2D eigenvalue weighted by atomic mass is 32.1. The van der Waals surface area contributed by atoms with Gasteiger partial charge >= 0.3 is 0 Å². The number of rotatable bonds is 4. The van der Waals surface area contributed by atoms with Crippen molar-refractivity contribution in [2.75, 3.05) is 13.2 Å². The average molecular weight is 385 g/mol. The molecule has 0 bridgehead atoms. The highest BCUT2D eigenvalue weighted by molar-refractivity contribution is 7.12. The first-order valence-corrected chi connectivity index (χ1v) is 10.1. The zero-order valence-electron chi connectivity index (χ0n) is 15.3. The second kappa shape index (κ2) is 7.78. The lowest BCUT2D eigenvalue weighted by Gasteiger charge is -2.40. The fourth-order valence-electron chi connectivity index (χ4n) is 3.88. The van der Waals surface area contributed by atoms with Crippen molar-refractivity contribution < 1.29 is 14.3 Å². The van der Waals surface area contributed by atoms with Gasteiger partial charge in [0, 0.05) is 19.3 Å². The molecule has 0 saturated carbocycles. The number of carbonyl (C=O) groups is 2. The average Bonchev–Trinajstić information content (AvgIpc) is 3.34. The van der Waals surface area contributed by atoms with Crippen LogP contribution in [-0.4, -0.2) is 47.0 Å². The number of hydrogen-bond acceptors (Lipinski definition) is 5. The van der Waals surface area contributed by atoms with Gasteiger partial charge in [-0.15, -0.1) is 11.3 Å². The van der Waals surface area contributed by atoms with Crippen LogP contribution in [0.4, 0.5) is 0 Å². The topological polar surface area (TPSA) is 71.5 Å². The van der Waals surface area contributed by atoms with Gasteiger partial charge in [-0.3, -0.25) is 14.6 Å². The summed E-state index contributed by atoms with van der Waals surface area (Å²) in [5, 5.41) is 4.94. The van der Waals surface area contributed by atoms with E-state index in [-0.39, 0.29) is 29.9 Å². The van der Waals surface area contributed by atoms with Gasteiger partial charge in [-0.2, -0.15) is 0 Å². The van der Waals surface area contributed by atoms with Gasteiger partial charge in [0.15, 0.2) is 0 Å². The lowest BCUT2D eigenvalue weighted by atomic mass is 9.89. The molecule has 27 heavy (non-hydrogen) atoms. The van der Waals surface area contributed by atoms with Crippen LogP contribution in [-0.2, 0) is 16.1 Å². The maximum absolute atomic E-state index is 13.0. The van der Waals surface area contributed by atoms with Crippen LogP contribution in [0.1, 0.15) is 33.8 Å². The van der Waals surface area contributed by atoms with Gasteiger partial charge in [0.2, 0.25) is 5.91 Å². The molecule has 2 amide bonds. The van der Waals surface area contributed by atoms with Gasteiger partial charge < -0.3 is 15.0 Å². The lowest BCUT2D eigenvalue weighted by Crippen LogP contribution is -2.54. The van der Waals surface area contributed by atoms with Gasteiger partial charge in [0.05, 0.1) is 35.2 Å². The molecule has 4 rings (SSSR count). The monoisotopic (exact) mass is 385 g/mol. The predicted octanol–water partition coefficient (Wildman–Crippen LogP) is 2.39. The molecule has 0 unspecified atom stereocenters. The van der Waals surface area contributed by atoms with Gasteiger partial charge in [-0.25, -0.2) is 0 Å². The summed E-state index contributed by atoms with van der Waals surface area (Å²) in [6.07, 6.45) is 3.15. The summed E-state index contributed by atoms with van der Waals surface area (Å²) in [6.45, 7) is 3.46. The first-order valence-electron chi connectivity index (χ1n) is 9.27. The maximum atomic E-state index is 13.0. The summed E-state index contributed by atoms with van der Waals surface area (Å²) in [5.74, 6) is -0.302. The minimum Gasteiger partial charge on any atom is -0.376 e. The van der Waals surface area contributed by atoms with E-state index in [2.05, 4.69) is 10.3 Å². The molecule has 2 aromatic rings. The van der Waals surface area contributed by atoms with E-state index in [1.54, 1.807) is 6.20 Å². The van der Waals surface area contributed by atoms with E-state index in [1.165, 1.54) is 11.3 Å². The van der Waals surface area contributed by atoms with Crippen molar-refractivity contribution in [2.45, 2.75) is 38.5 Å². The number of hydrogen-bond donors (Lipinski definition) is 1. The Hall–Kier alpha value is -2.25. The molecule has 4 heterocycles. The van der Waals surface area contributed by atoms with E-state index in [4.69, 9.17) is 4.74 Å². The zero-order valence-corrected chi connectivity index (χ0v) is 16.1. The summed E-state index contributed by atoms with van der Waals surface area (Å²) in [4.78, 5) is 32.6. The Morgan fingerprint density at radius 1 is 1.41 bits per heavy atom. The summed E-state index contributed by atoms with van der Waals surface area (Å²) >= 11 is 1.46. The number of aromatic nitrogens is 1. The number of pyridine rings is 1. The van der Waals surface area contributed by atoms with E-state index in [0.717, 1.165) is 22.6 Å². The molecular formula is C20H23N3O3S. The number of thiophene rings is 1. The number of fused-ring (bicyclic) bond motifs is 1. The van der Waals surface area contributed by atoms with Crippen LogP contribution in [0.25, 0.3) is 0 Å². The number of amides is 2. The minimum absolute atomic E-state index is 0.0100. The summed E-state index contributed by atoms with van der Waals surface area (Å²) < 4.78 is 5.84. The molecule has 2 fully saturated rings.